The predicted molar refractivity (Wildman–Crippen MR) is 0.686 cm³/mol. The molecule has 0 saturated carbocycles. The first kappa shape index (κ1) is 24.7. The van der Waals surface area contributed by atoms with Gasteiger partial charge in [0.2, 0.25) is 0 Å². The van der Waals surface area contributed by atoms with Crippen molar-refractivity contribution in [2.75, 3.05) is 0 Å². The van der Waals surface area contributed by atoms with Crippen molar-refractivity contribution in [3.8, 4) is 0 Å². The fraction of sp³-hybridized carbons (Fsp3) is 0. The molecule has 38 valence electrons. The molecule has 0 aliphatic heterocycles. The molecular formula is AgCeMnNiO. The van der Waals surface area contributed by atoms with Crippen LogP contribution in [0.4, 0.5) is 0 Å². The standard InChI is InChI=1S/Ag.Ce.Mn.Ni.O. The molecule has 0 atom stereocenters. The molecule has 0 unspecified atom stereocenters. The topological polar surface area (TPSA) is 17.1 Å². The Morgan fingerprint density at radius 1 is 1.20 bits per heavy atom. The van der Waals surface area contributed by atoms with Crippen molar-refractivity contribution in [3.63, 3.8) is 0 Å². The van der Waals surface area contributed by atoms with E-state index in [0.717, 1.165) is 0 Å². The molecule has 0 aliphatic rings. The summed E-state index contributed by atoms with van der Waals surface area (Å²) in [7, 11) is 0. The third-order valence-corrected chi connectivity index (χ3v) is 0. The van der Waals surface area contributed by atoms with Crippen LogP contribution in [0.1, 0.15) is 0 Å². The van der Waals surface area contributed by atoms with Crippen LogP contribution in [0.2, 0.25) is 0 Å². The van der Waals surface area contributed by atoms with Gasteiger partial charge in [-0.25, -0.2) is 0 Å². The maximum absolute atomic E-state index is 8.39. The number of hydrogen-bond acceptors (Lipinski definition) is 1. The van der Waals surface area contributed by atoms with Crippen LogP contribution >= 0.6 is 0 Å². The summed E-state index contributed by atoms with van der Waals surface area (Å²) < 4.78 is 8.39. The molecular weight excluding hydrogens is 378 g/mol. The summed E-state index contributed by atoms with van der Waals surface area (Å²) in [5, 5.41) is 0. The minimum atomic E-state index is 0. The second kappa shape index (κ2) is 28.4. The Hall–Kier alpha value is 2.93. The van der Waals surface area contributed by atoms with Crippen molar-refractivity contribution in [1.82, 2.24) is 0 Å². The van der Waals surface area contributed by atoms with E-state index in [1.807, 2.05) is 0 Å². The molecule has 0 bridgehead atoms. The van der Waals surface area contributed by atoms with E-state index in [1.54, 1.807) is 0 Å². The monoisotopic (exact) mass is 376 g/mol. The fourth-order valence-corrected chi connectivity index (χ4v) is 0. The van der Waals surface area contributed by atoms with Crippen molar-refractivity contribution < 1.29 is 96.7 Å². The van der Waals surface area contributed by atoms with E-state index in [1.165, 1.54) is 0 Å². The summed E-state index contributed by atoms with van der Waals surface area (Å²) in [6, 6.07) is 0. The van der Waals surface area contributed by atoms with Crippen LogP contribution in [0, 0.1) is 39.8 Å². The summed E-state index contributed by atoms with van der Waals surface area (Å²) in [4.78, 5) is 0. The molecule has 1 nitrogen and oxygen atoms in total. The summed E-state index contributed by atoms with van der Waals surface area (Å²) in [5.41, 5.74) is 0. The van der Waals surface area contributed by atoms with Crippen LogP contribution in [0.25, 0.3) is 0 Å². The van der Waals surface area contributed by atoms with Gasteiger partial charge in [0.15, 0.2) is 0 Å². The Labute approximate surface area is 94.5 Å². The van der Waals surface area contributed by atoms with Gasteiger partial charge in [-0.3, -0.25) is 0 Å². The molecule has 5 heteroatoms. The SMILES string of the molecule is [Ag].[Mn].[Ni].[O]=[Ce]. The molecule has 0 N–H and O–H groups in total. The van der Waals surface area contributed by atoms with Crippen LogP contribution in [0.5, 0.6) is 0 Å². The van der Waals surface area contributed by atoms with Gasteiger partial charge in [-0.15, -0.1) is 0 Å². The Morgan fingerprint density at radius 2 is 1.20 bits per heavy atom. The normalized spacial score (nSPS) is 0.600. The predicted octanol–water partition coefficient (Wildman–Crippen LogP) is -0.126. The van der Waals surface area contributed by atoms with E-state index in [4.69, 9.17) is 0.938 Å². The van der Waals surface area contributed by atoms with Crippen LogP contribution in [-0.2, 0) is 56.9 Å². The molecule has 2 radical (unpaired) electrons. The summed E-state index contributed by atoms with van der Waals surface area (Å²) in [5.74, 6) is 0. The Morgan fingerprint density at radius 3 is 1.20 bits per heavy atom. The van der Waals surface area contributed by atoms with Gasteiger partial charge in [-0.1, -0.05) is 0 Å². The maximum atomic E-state index is 8.39. The first-order valence-electron chi connectivity index (χ1n) is 0.204. The van der Waals surface area contributed by atoms with Crippen LogP contribution < -0.4 is 0 Å². The van der Waals surface area contributed by atoms with Crippen molar-refractivity contribution in [2.45, 2.75) is 0 Å². The molecule has 0 fully saturated rings. The molecule has 0 amide bonds. The zero-order valence-corrected chi connectivity index (χ0v) is 8.69. The van der Waals surface area contributed by atoms with Crippen LogP contribution in [0.15, 0.2) is 0 Å². The van der Waals surface area contributed by atoms with Crippen molar-refractivity contribution >= 4 is 0 Å². The fourth-order valence-electron chi connectivity index (χ4n) is 0. The molecule has 0 spiro atoms. The molecule has 0 saturated heterocycles. The van der Waals surface area contributed by atoms with Gasteiger partial charge >= 0.3 is 40.7 Å². The van der Waals surface area contributed by atoms with E-state index in [0.29, 0.717) is 0 Å². The molecule has 0 aliphatic carbocycles. The van der Waals surface area contributed by atoms with Crippen molar-refractivity contribution in [1.29, 1.82) is 0 Å². The van der Waals surface area contributed by atoms with Gasteiger partial charge in [0.25, 0.3) is 0 Å². The Balaban J connectivity index is -0.00000000167. The van der Waals surface area contributed by atoms with E-state index in [9.17, 15) is 0 Å². The third kappa shape index (κ3) is 19.6. The summed E-state index contributed by atoms with van der Waals surface area (Å²) in [6.45, 7) is 0. The van der Waals surface area contributed by atoms with Gasteiger partial charge in [0.05, 0.1) is 0 Å². The first-order valence-corrected chi connectivity index (χ1v) is 1.49. The van der Waals surface area contributed by atoms with E-state index in [-0.39, 0.29) is 95.7 Å². The molecule has 0 heterocycles. The second-order valence-corrected chi connectivity index (χ2v) is 0. The molecule has 0 aromatic carbocycles. The molecule has 0 rings (SSSR count). The molecule has 0 aromatic heterocycles. The third-order valence-electron chi connectivity index (χ3n) is 0. The van der Waals surface area contributed by atoms with E-state index >= 15 is 0 Å². The van der Waals surface area contributed by atoms with Gasteiger partial charge in [-0.2, -0.15) is 0 Å². The van der Waals surface area contributed by atoms with Gasteiger partial charge in [-0.05, 0) is 0 Å². The van der Waals surface area contributed by atoms with E-state index < -0.39 is 0 Å². The molecule has 5 heavy (non-hydrogen) atoms. The summed E-state index contributed by atoms with van der Waals surface area (Å²) in [6.07, 6.45) is 0. The minimum absolute atomic E-state index is 0. The van der Waals surface area contributed by atoms with Crippen LogP contribution in [0.3, 0.4) is 0 Å². The van der Waals surface area contributed by atoms with E-state index in [2.05, 4.69) is 0 Å². The zero-order valence-electron chi connectivity index (χ0n) is 1.90. The quantitative estimate of drug-likeness (QED) is 0.538. The van der Waals surface area contributed by atoms with Gasteiger partial charge in [0, 0.05) is 55.9 Å². The number of rotatable bonds is 0. The first-order chi connectivity index (χ1) is 1.00. The van der Waals surface area contributed by atoms with Crippen molar-refractivity contribution in [3.05, 3.63) is 0 Å². The second-order valence-electron chi connectivity index (χ2n) is 0. The van der Waals surface area contributed by atoms with Gasteiger partial charge < -0.3 is 0 Å². The summed E-state index contributed by atoms with van der Waals surface area (Å²) >= 11 is 0.0556. The zero-order chi connectivity index (χ0) is 2.00. The Bertz CT molecular complexity index is 11.6. The molecule has 0 aromatic rings. The van der Waals surface area contributed by atoms with Crippen LogP contribution in [-0.4, -0.2) is 0 Å². The average molecular weight is 378 g/mol. The van der Waals surface area contributed by atoms with Crippen molar-refractivity contribution in [2.24, 2.45) is 0 Å². The van der Waals surface area contributed by atoms with Gasteiger partial charge in [0.1, 0.15) is 0 Å². The number of hydrogen-bond donors (Lipinski definition) is 0. The Kier molecular flexibility index (Phi) is 140. The average Bonchev–Trinajstić information content (AvgIpc) is 1.00.